The van der Waals surface area contributed by atoms with E-state index in [4.69, 9.17) is 4.42 Å². The SMILES string of the molecule is CCSCC(C)NS(=O)(=O)c1ccc(CNCC(C)C)o1. The molecule has 7 heteroatoms. The van der Waals surface area contributed by atoms with E-state index in [0.29, 0.717) is 18.2 Å². The van der Waals surface area contributed by atoms with Crippen LogP contribution in [0.15, 0.2) is 21.6 Å². The van der Waals surface area contributed by atoms with Gasteiger partial charge in [-0.3, -0.25) is 0 Å². The van der Waals surface area contributed by atoms with E-state index < -0.39 is 10.0 Å². The number of hydrogen-bond acceptors (Lipinski definition) is 5. The van der Waals surface area contributed by atoms with Crippen molar-refractivity contribution in [3.8, 4) is 0 Å². The molecule has 1 heterocycles. The normalized spacial score (nSPS) is 13.8. The van der Waals surface area contributed by atoms with Crippen LogP contribution in [0.25, 0.3) is 0 Å². The van der Waals surface area contributed by atoms with E-state index in [0.717, 1.165) is 18.1 Å². The molecule has 1 aromatic rings. The Morgan fingerprint density at radius 2 is 2.00 bits per heavy atom. The number of thioether (sulfide) groups is 1. The number of sulfonamides is 1. The molecule has 0 amide bonds. The van der Waals surface area contributed by atoms with E-state index in [-0.39, 0.29) is 11.1 Å². The highest BCUT2D eigenvalue weighted by atomic mass is 32.2. The minimum absolute atomic E-state index is 0.0165. The van der Waals surface area contributed by atoms with Crippen LogP contribution in [0, 0.1) is 5.92 Å². The Bertz CT molecular complexity index is 512. The van der Waals surface area contributed by atoms with Crippen molar-refractivity contribution < 1.29 is 12.8 Å². The minimum Gasteiger partial charge on any atom is -0.447 e. The van der Waals surface area contributed by atoms with E-state index in [1.807, 2.05) is 6.92 Å². The molecule has 0 fully saturated rings. The van der Waals surface area contributed by atoms with Gasteiger partial charge in [-0.1, -0.05) is 20.8 Å². The monoisotopic (exact) mass is 334 g/mol. The van der Waals surface area contributed by atoms with E-state index in [2.05, 4.69) is 30.8 Å². The van der Waals surface area contributed by atoms with Gasteiger partial charge in [-0.15, -0.1) is 0 Å². The molecule has 21 heavy (non-hydrogen) atoms. The molecular formula is C14H26N2O3S2. The zero-order chi connectivity index (χ0) is 15.9. The molecule has 5 nitrogen and oxygen atoms in total. The molecule has 0 aliphatic carbocycles. The van der Waals surface area contributed by atoms with Gasteiger partial charge in [-0.25, -0.2) is 13.1 Å². The quantitative estimate of drug-likeness (QED) is 0.688. The highest BCUT2D eigenvalue weighted by molar-refractivity contribution is 7.99. The highest BCUT2D eigenvalue weighted by Gasteiger charge is 2.21. The molecule has 1 atom stereocenters. The van der Waals surface area contributed by atoms with Crippen LogP contribution >= 0.6 is 11.8 Å². The summed E-state index contributed by atoms with van der Waals surface area (Å²) in [7, 11) is -3.57. The van der Waals surface area contributed by atoms with Gasteiger partial charge in [-0.05, 0) is 37.3 Å². The Morgan fingerprint density at radius 3 is 2.62 bits per heavy atom. The van der Waals surface area contributed by atoms with Crippen molar-refractivity contribution >= 4 is 21.8 Å². The van der Waals surface area contributed by atoms with Gasteiger partial charge in [-0.2, -0.15) is 11.8 Å². The molecule has 0 aliphatic heterocycles. The standard InChI is InChI=1S/C14H26N2O3S2/c1-5-20-10-12(4)16-21(17,18)14-7-6-13(19-14)9-15-8-11(2)3/h6-7,11-12,15-16H,5,8-10H2,1-4H3. The lowest BCUT2D eigenvalue weighted by Crippen LogP contribution is -2.34. The lowest BCUT2D eigenvalue weighted by atomic mass is 10.2. The van der Waals surface area contributed by atoms with Crippen molar-refractivity contribution in [1.82, 2.24) is 10.0 Å². The van der Waals surface area contributed by atoms with E-state index in [1.54, 1.807) is 17.8 Å². The van der Waals surface area contributed by atoms with Gasteiger partial charge in [0.05, 0.1) is 6.54 Å². The van der Waals surface area contributed by atoms with Crippen LogP contribution in [-0.2, 0) is 16.6 Å². The molecule has 0 aliphatic rings. The van der Waals surface area contributed by atoms with Crippen LogP contribution in [-0.4, -0.2) is 32.5 Å². The number of hydrogen-bond donors (Lipinski definition) is 2. The fraction of sp³-hybridized carbons (Fsp3) is 0.714. The van der Waals surface area contributed by atoms with Gasteiger partial charge >= 0.3 is 0 Å². The van der Waals surface area contributed by atoms with Crippen LogP contribution in [0.5, 0.6) is 0 Å². The van der Waals surface area contributed by atoms with Crippen molar-refractivity contribution in [2.24, 2.45) is 5.92 Å². The molecule has 0 aromatic carbocycles. The molecule has 1 unspecified atom stereocenters. The molecular weight excluding hydrogens is 308 g/mol. The molecule has 0 bridgehead atoms. The fourth-order valence-corrected chi connectivity index (χ4v) is 3.70. The Hall–Kier alpha value is -0.500. The van der Waals surface area contributed by atoms with Gasteiger partial charge in [0.25, 0.3) is 10.0 Å². The van der Waals surface area contributed by atoms with Gasteiger partial charge in [0.15, 0.2) is 0 Å². The molecule has 0 radical (unpaired) electrons. The first-order chi connectivity index (χ1) is 9.85. The number of furan rings is 1. The Kier molecular flexibility index (Phi) is 7.79. The summed E-state index contributed by atoms with van der Waals surface area (Å²) >= 11 is 1.70. The Morgan fingerprint density at radius 1 is 1.29 bits per heavy atom. The topological polar surface area (TPSA) is 71.3 Å². The maximum Gasteiger partial charge on any atom is 0.274 e. The lowest BCUT2D eigenvalue weighted by Gasteiger charge is -2.11. The third kappa shape index (κ3) is 6.86. The van der Waals surface area contributed by atoms with E-state index in [9.17, 15) is 8.42 Å². The first kappa shape index (κ1) is 18.5. The fourth-order valence-electron chi connectivity index (χ4n) is 1.73. The third-order valence-electron chi connectivity index (χ3n) is 2.68. The maximum atomic E-state index is 12.2. The molecule has 122 valence electrons. The summed E-state index contributed by atoms with van der Waals surface area (Å²) in [4.78, 5) is 0. The molecule has 0 spiro atoms. The minimum atomic E-state index is -3.57. The van der Waals surface area contributed by atoms with Crippen molar-refractivity contribution in [3.63, 3.8) is 0 Å². The smallest absolute Gasteiger partial charge is 0.274 e. The Balaban J connectivity index is 2.57. The second-order valence-electron chi connectivity index (χ2n) is 5.43. The average Bonchev–Trinajstić information content (AvgIpc) is 2.85. The van der Waals surface area contributed by atoms with Crippen molar-refractivity contribution in [3.05, 3.63) is 17.9 Å². The summed E-state index contributed by atoms with van der Waals surface area (Å²) in [6.45, 7) is 9.54. The molecule has 1 rings (SSSR count). The Labute approximate surface area is 132 Å². The molecule has 0 saturated heterocycles. The summed E-state index contributed by atoms with van der Waals surface area (Å²) in [5.41, 5.74) is 0. The zero-order valence-corrected chi connectivity index (χ0v) is 14.8. The predicted molar refractivity (Wildman–Crippen MR) is 88.0 cm³/mol. The van der Waals surface area contributed by atoms with Crippen LogP contribution in [0.1, 0.15) is 33.5 Å². The molecule has 2 N–H and O–H groups in total. The lowest BCUT2D eigenvalue weighted by molar-refractivity contribution is 0.393. The molecule has 1 aromatic heterocycles. The van der Waals surface area contributed by atoms with Gasteiger partial charge in [0.2, 0.25) is 5.09 Å². The number of nitrogens with one attached hydrogen (secondary N) is 2. The van der Waals surface area contributed by atoms with E-state index >= 15 is 0 Å². The summed E-state index contributed by atoms with van der Waals surface area (Å²) in [6.07, 6.45) is 0. The summed E-state index contributed by atoms with van der Waals surface area (Å²) < 4.78 is 32.4. The van der Waals surface area contributed by atoms with Crippen LogP contribution in [0.4, 0.5) is 0 Å². The predicted octanol–water partition coefficient (Wildman–Crippen LogP) is 2.45. The average molecular weight is 335 g/mol. The summed E-state index contributed by atoms with van der Waals surface area (Å²) in [5, 5.41) is 3.21. The van der Waals surface area contributed by atoms with E-state index in [1.165, 1.54) is 6.07 Å². The highest BCUT2D eigenvalue weighted by Crippen LogP contribution is 2.15. The first-order valence-corrected chi connectivity index (χ1v) is 9.88. The largest absolute Gasteiger partial charge is 0.447 e. The first-order valence-electron chi connectivity index (χ1n) is 7.24. The maximum absolute atomic E-state index is 12.2. The second kappa shape index (κ2) is 8.82. The van der Waals surface area contributed by atoms with Crippen molar-refractivity contribution in [1.29, 1.82) is 0 Å². The summed E-state index contributed by atoms with van der Waals surface area (Å²) in [6, 6.07) is 3.09. The van der Waals surface area contributed by atoms with Crippen LogP contribution in [0.3, 0.4) is 0 Å². The van der Waals surface area contributed by atoms with Crippen LogP contribution < -0.4 is 10.0 Å². The van der Waals surface area contributed by atoms with Gasteiger partial charge < -0.3 is 9.73 Å². The van der Waals surface area contributed by atoms with Gasteiger partial charge in [0, 0.05) is 11.8 Å². The second-order valence-corrected chi connectivity index (χ2v) is 8.39. The van der Waals surface area contributed by atoms with Crippen LogP contribution in [0.2, 0.25) is 0 Å². The van der Waals surface area contributed by atoms with Gasteiger partial charge in [0.1, 0.15) is 5.76 Å². The summed E-state index contributed by atoms with van der Waals surface area (Å²) in [5.74, 6) is 2.89. The number of rotatable bonds is 10. The molecule has 0 saturated carbocycles. The van der Waals surface area contributed by atoms with Crippen molar-refractivity contribution in [2.45, 2.75) is 45.4 Å². The third-order valence-corrected chi connectivity index (χ3v) is 5.29. The van der Waals surface area contributed by atoms with Crippen molar-refractivity contribution in [2.75, 3.05) is 18.1 Å². The zero-order valence-electron chi connectivity index (χ0n) is 13.2.